The average molecular weight is 631 g/mol. The Kier molecular flexibility index (Phi) is 10.4. The minimum atomic E-state index is -0.832. The standard InChI is InChI=1S/C35H43FN6O2S/c1-23(2)45-32-15-10-25(22-40(4)5)20-31(32)38-34(43)33(24(3)29-21-37-30-9-7-6-8-28(29)30)39-35(44)42-18-16-41(17-19-42)27-13-11-26(36)12-14-27/h6-15,20-21,23-24,33,37H,16-19,22H2,1-5H3,(H,38,43)(H,39,44)/t24-,33+/m0/s1. The lowest BCUT2D eigenvalue weighted by molar-refractivity contribution is -0.118. The molecule has 1 fully saturated rings. The Balaban J connectivity index is 1.38. The van der Waals surface area contributed by atoms with E-state index in [9.17, 15) is 14.0 Å². The molecule has 238 valence electrons. The Bertz CT molecular complexity index is 1610. The number of aromatic nitrogens is 1. The summed E-state index contributed by atoms with van der Waals surface area (Å²) in [5.74, 6) is -0.861. The number of rotatable bonds is 10. The van der Waals surface area contributed by atoms with Crippen LogP contribution in [0.15, 0.2) is 77.8 Å². The number of halogens is 1. The van der Waals surface area contributed by atoms with Crippen LogP contribution in [-0.2, 0) is 11.3 Å². The van der Waals surface area contributed by atoms with Crippen molar-refractivity contribution in [2.75, 3.05) is 50.5 Å². The maximum absolute atomic E-state index is 14.2. The van der Waals surface area contributed by atoms with Crippen LogP contribution in [0.25, 0.3) is 10.9 Å². The van der Waals surface area contributed by atoms with Crippen molar-refractivity contribution in [1.82, 2.24) is 20.1 Å². The lowest BCUT2D eigenvalue weighted by Crippen LogP contribution is -2.56. The van der Waals surface area contributed by atoms with E-state index in [1.165, 1.54) is 12.1 Å². The minimum absolute atomic E-state index is 0.265. The van der Waals surface area contributed by atoms with E-state index in [1.807, 2.05) is 57.5 Å². The molecule has 0 radical (unpaired) electrons. The second-order valence-corrected chi connectivity index (χ2v) is 13.8. The van der Waals surface area contributed by atoms with Crippen LogP contribution >= 0.6 is 11.8 Å². The van der Waals surface area contributed by atoms with Crippen molar-refractivity contribution in [3.8, 4) is 0 Å². The van der Waals surface area contributed by atoms with Gasteiger partial charge in [0, 0.05) is 71.6 Å². The number of anilines is 2. The molecular formula is C35H43FN6O2S. The van der Waals surface area contributed by atoms with Gasteiger partial charge in [-0.3, -0.25) is 4.79 Å². The van der Waals surface area contributed by atoms with Gasteiger partial charge in [-0.25, -0.2) is 9.18 Å². The first-order valence-corrected chi connectivity index (χ1v) is 16.3. The third-order valence-electron chi connectivity index (χ3n) is 8.10. The van der Waals surface area contributed by atoms with E-state index in [0.29, 0.717) is 31.4 Å². The smallest absolute Gasteiger partial charge is 0.318 e. The summed E-state index contributed by atoms with van der Waals surface area (Å²) >= 11 is 1.70. The van der Waals surface area contributed by atoms with Gasteiger partial charge in [0.15, 0.2) is 0 Å². The molecule has 3 amide bonds. The lowest BCUT2D eigenvalue weighted by Gasteiger charge is -2.37. The topological polar surface area (TPSA) is 83.7 Å². The molecule has 1 aliphatic rings. The Morgan fingerprint density at radius 2 is 1.69 bits per heavy atom. The molecule has 10 heteroatoms. The van der Waals surface area contributed by atoms with Crippen molar-refractivity contribution in [3.05, 3.63) is 89.9 Å². The summed E-state index contributed by atoms with van der Waals surface area (Å²) in [7, 11) is 4.03. The van der Waals surface area contributed by atoms with E-state index in [-0.39, 0.29) is 23.7 Å². The molecule has 1 aromatic heterocycles. The maximum Gasteiger partial charge on any atom is 0.318 e. The highest BCUT2D eigenvalue weighted by Gasteiger charge is 2.32. The number of thioether (sulfide) groups is 1. The normalized spacial score (nSPS) is 15.0. The minimum Gasteiger partial charge on any atom is -0.368 e. The zero-order valence-electron chi connectivity index (χ0n) is 26.6. The molecule has 8 nitrogen and oxygen atoms in total. The number of carbonyl (C=O) groups is 2. The summed E-state index contributed by atoms with van der Waals surface area (Å²) in [6, 6.07) is 19.5. The van der Waals surface area contributed by atoms with Crippen molar-refractivity contribution in [2.24, 2.45) is 0 Å². The molecule has 0 unspecified atom stereocenters. The molecule has 4 aromatic rings. The monoisotopic (exact) mass is 630 g/mol. The van der Waals surface area contributed by atoms with Crippen molar-refractivity contribution >= 4 is 46.0 Å². The molecule has 5 rings (SSSR count). The van der Waals surface area contributed by atoms with Gasteiger partial charge in [0.25, 0.3) is 0 Å². The number of benzene rings is 3. The Labute approximate surface area is 269 Å². The number of para-hydroxylation sites is 1. The van der Waals surface area contributed by atoms with Crippen molar-refractivity contribution < 1.29 is 14.0 Å². The van der Waals surface area contributed by atoms with Gasteiger partial charge < -0.3 is 30.3 Å². The molecule has 45 heavy (non-hydrogen) atoms. The van der Waals surface area contributed by atoms with Crippen molar-refractivity contribution in [3.63, 3.8) is 0 Å². The van der Waals surface area contributed by atoms with Crippen LogP contribution in [0.4, 0.5) is 20.6 Å². The molecule has 2 atom stereocenters. The average Bonchev–Trinajstić information content (AvgIpc) is 3.45. The predicted octanol–water partition coefficient (Wildman–Crippen LogP) is 6.51. The molecule has 3 N–H and O–H groups in total. The van der Waals surface area contributed by atoms with Crippen LogP contribution < -0.4 is 15.5 Å². The first-order valence-electron chi connectivity index (χ1n) is 15.5. The van der Waals surface area contributed by atoms with Gasteiger partial charge >= 0.3 is 6.03 Å². The first kappa shape index (κ1) is 32.4. The van der Waals surface area contributed by atoms with Gasteiger partial charge in [0.2, 0.25) is 5.91 Å². The van der Waals surface area contributed by atoms with Gasteiger partial charge in [-0.05, 0) is 67.7 Å². The number of hydrogen-bond acceptors (Lipinski definition) is 5. The Hall–Kier alpha value is -4.02. The fraction of sp³-hybridized carbons (Fsp3) is 0.371. The van der Waals surface area contributed by atoms with Crippen LogP contribution in [-0.4, -0.2) is 78.3 Å². The summed E-state index contributed by atoms with van der Waals surface area (Å²) < 4.78 is 13.4. The van der Waals surface area contributed by atoms with E-state index in [0.717, 1.165) is 44.8 Å². The van der Waals surface area contributed by atoms with Gasteiger partial charge in [-0.1, -0.05) is 45.0 Å². The third-order valence-corrected chi connectivity index (χ3v) is 9.18. The van der Waals surface area contributed by atoms with Crippen LogP contribution in [0.2, 0.25) is 0 Å². The quantitative estimate of drug-likeness (QED) is 0.174. The second kappa shape index (κ2) is 14.4. The summed E-state index contributed by atoms with van der Waals surface area (Å²) in [5, 5.41) is 7.66. The van der Waals surface area contributed by atoms with Gasteiger partial charge in [-0.15, -0.1) is 11.8 Å². The number of fused-ring (bicyclic) bond motifs is 1. The van der Waals surface area contributed by atoms with E-state index >= 15 is 0 Å². The fourth-order valence-corrected chi connectivity index (χ4v) is 6.71. The number of amides is 3. The highest BCUT2D eigenvalue weighted by atomic mass is 32.2. The summed E-state index contributed by atoms with van der Waals surface area (Å²) in [6.45, 7) is 9.18. The molecule has 0 spiro atoms. The number of nitrogens with one attached hydrogen (secondary N) is 3. The Morgan fingerprint density at radius 1 is 0.978 bits per heavy atom. The molecule has 2 heterocycles. The molecule has 1 aliphatic heterocycles. The number of H-pyrrole nitrogens is 1. The third kappa shape index (κ3) is 7.99. The number of piperazine rings is 1. The van der Waals surface area contributed by atoms with Gasteiger partial charge in [0.05, 0.1) is 5.69 Å². The summed E-state index contributed by atoms with van der Waals surface area (Å²) in [5.41, 5.74) is 4.70. The van der Waals surface area contributed by atoms with Crippen LogP contribution in [0.3, 0.4) is 0 Å². The number of carbonyl (C=O) groups excluding carboxylic acids is 2. The summed E-state index contributed by atoms with van der Waals surface area (Å²) in [6.07, 6.45) is 1.93. The highest BCUT2D eigenvalue weighted by molar-refractivity contribution is 8.00. The predicted molar refractivity (Wildman–Crippen MR) is 183 cm³/mol. The number of hydrogen-bond donors (Lipinski definition) is 3. The van der Waals surface area contributed by atoms with Gasteiger partial charge in [0.1, 0.15) is 11.9 Å². The highest BCUT2D eigenvalue weighted by Crippen LogP contribution is 2.33. The maximum atomic E-state index is 14.2. The molecule has 0 aliphatic carbocycles. The largest absolute Gasteiger partial charge is 0.368 e. The fourth-order valence-electron chi connectivity index (χ4n) is 5.82. The van der Waals surface area contributed by atoms with Crippen molar-refractivity contribution in [1.29, 1.82) is 0 Å². The Morgan fingerprint density at radius 3 is 2.38 bits per heavy atom. The summed E-state index contributed by atoms with van der Waals surface area (Å²) in [4.78, 5) is 38.2. The molecule has 0 saturated carbocycles. The zero-order chi connectivity index (χ0) is 32.1. The van der Waals surface area contributed by atoms with E-state index in [2.05, 4.69) is 51.4 Å². The number of nitrogens with zero attached hydrogens (tertiary/aromatic N) is 3. The number of urea groups is 1. The van der Waals surface area contributed by atoms with E-state index in [4.69, 9.17) is 0 Å². The first-order chi connectivity index (χ1) is 21.6. The second-order valence-electron chi connectivity index (χ2n) is 12.2. The van der Waals surface area contributed by atoms with Crippen LogP contribution in [0.5, 0.6) is 0 Å². The number of aromatic amines is 1. The zero-order valence-corrected chi connectivity index (χ0v) is 27.5. The van der Waals surface area contributed by atoms with Crippen molar-refractivity contribution in [2.45, 2.75) is 49.4 Å². The molecule has 3 aromatic carbocycles. The van der Waals surface area contributed by atoms with Crippen LogP contribution in [0, 0.1) is 5.82 Å². The SMILES string of the molecule is CC(C)Sc1ccc(CN(C)C)cc1NC(=O)[C@H](NC(=O)N1CCN(c2ccc(F)cc2)CC1)[C@@H](C)c1c[nH]c2ccccc12. The molecular weight excluding hydrogens is 587 g/mol. The lowest BCUT2D eigenvalue weighted by atomic mass is 9.92. The van der Waals surface area contributed by atoms with E-state index in [1.54, 1.807) is 28.8 Å². The van der Waals surface area contributed by atoms with Gasteiger partial charge in [-0.2, -0.15) is 0 Å². The van der Waals surface area contributed by atoms with E-state index < -0.39 is 6.04 Å². The molecule has 1 saturated heterocycles. The van der Waals surface area contributed by atoms with Crippen LogP contribution in [0.1, 0.15) is 37.8 Å². The molecule has 0 bridgehead atoms.